The summed E-state index contributed by atoms with van der Waals surface area (Å²) in [6, 6.07) is 12.9. The molecule has 0 bridgehead atoms. The zero-order valence-electron chi connectivity index (χ0n) is 16.6. The number of aromatic nitrogens is 2. The Morgan fingerprint density at radius 1 is 1.19 bits per heavy atom. The van der Waals surface area contributed by atoms with Gasteiger partial charge in [0, 0.05) is 38.1 Å². The summed E-state index contributed by atoms with van der Waals surface area (Å²) in [5.74, 6) is 0.882. The Hall–Kier alpha value is -1.61. The molecule has 1 unspecified atom stereocenters. The fourth-order valence-electron chi connectivity index (χ4n) is 2.72. The van der Waals surface area contributed by atoms with Crippen LogP contribution in [0, 0.1) is 0 Å². The predicted octanol–water partition coefficient (Wildman–Crippen LogP) is 2.62. The summed E-state index contributed by atoms with van der Waals surface area (Å²) in [6.07, 6.45) is 5.81. The third kappa shape index (κ3) is 9.23. The van der Waals surface area contributed by atoms with Crippen molar-refractivity contribution in [2.75, 3.05) is 33.7 Å². The molecule has 1 aromatic carbocycles. The summed E-state index contributed by atoms with van der Waals surface area (Å²) in [5, 5.41) is 11.0. The van der Waals surface area contributed by atoms with E-state index in [1.165, 1.54) is 5.56 Å². The fourth-order valence-corrected chi connectivity index (χ4v) is 2.72. The molecule has 6 nitrogen and oxygen atoms in total. The fraction of sp³-hybridized carbons (Fsp3) is 0.500. The van der Waals surface area contributed by atoms with Crippen LogP contribution in [0.3, 0.4) is 0 Å². The molecule has 2 N–H and O–H groups in total. The molecule has 1 heterocycles. The van der Waals surface area contributed by atoms with Crippen LogP contribution in [0.2, 0.25) is 0 Å². The average Bonchev–Trinajstić information content (AvgIpc) is 3.16. The van der Waals surface area contributed by atoms with Crippen LogP contribution < -0.4 is 10.6 Å². The lowest BCUT2D eigenvalue weighted by atomic mass is 10.1. The third-order valence-electron chi connectivity index (χ3n) is 4.26. The lowest BCUT2D eigenvalue weighted by Gasteiger charge is -2.23. The van der Waals surface area contributed by atoms with E-state index in [2.05, 4.69) is 72.0 Å². The van der Waals surface area contributed by atoms with Crippen molar-refractivity contribution in [3.63, 3.8) is 0 Å². The number of hydrogen-bond donors (Lipinski definition) is 2. The van der Waals surface area contributed by atoms with Gasteiger partial charge >= 0.3 is 0 Å². The van der Waals surface area contributed by atoms with Crippen molar-refractivity contribution >= 4 is 29.9 Å². The third-order valence-corrected chi connectivity index (χ3v) is 4.26. The molecule has 0 fully saturated rings. The van der Waals surface area contributed by atoms with Gasteiger partial charge in [0.25, 0.3) is 0 Å². The quantitative estimate of drug-likeness (QED) is 0.236. The van der Waals surface area contributed by atoms with Crippen LogP contribution >= 0.6 is 24.0 Å². The van der Waals surface area contributed by atoms with Crippen LogP contribution in [-0.2, 0) is 13.0 Å². The Morgan fingerprint density at radius 3 is 2.59 bits per heavy atom. The van der Waals surface area contributed by atoms with E-state index >= 15 is 0 Å². The molecule has 0 radical (unpaired) electrons. The van der Waals surface area contributed by atoms with Gasteiger partial charge in [0.05, 0.1) is 6.54 Å². The normalized spacial score (nSPS) is 12.5. The summed E-state index contributed by atoms with van der Waals surface area (Å²) in [7, 11) is 4.24. The molecule has 1 atom stereocenters. The molecule has 2 rings (SSSR count). The van der Waals surface area contributed by atoms with E-state index in [9.17, 15) is 0 Å². The van der Waals surface area contributed by atoms with Crippen molar-refractivity contribution in [3.05, 3.63) is 54.4 Å². The zero-order chi connectivity index (χ0) is 18.6. The molecular formula is C20H33IN6. The summed E-state index contributed by atoms with van der Waals surface area (Å²) >= 11 is 0. The van der Waals surface area contributed by atoms with Gasteiger partial charge in [-0.15, -0.1) is 24.0 Å². The Kier molecular flexibility index (Phi) is 11.8. The second-order valence-corrected chi connectivity index (χ2v) is 6.58. The number of rotatable bonds is 10. The average molecular weight is 484 g/mol. The van der Waals surface area contributed by atoms with Crippen molar-refractivity contribution in [2.24, 2.45) is 4.99 Å². The smallest absolute Gasteiger partial charge is 0.191 e. The van der Waals surface area contributed by atoms with Gasteiger partial charge in [-0.1, -0.05) is 30.3 Å². The van der Waals surface area contributed by atoms with E-state index in [1.54, 1.807) is 0 Å². The number of likely N-dealkylation sites (N-methyl/N-ethyl adjacent to an activating group) is 1. The monoisotopic (exact) mass is 484 g/mol. The highest BCUT2D eigenvalue weighted by atomic mass is 127. The number of halogens is 1. The predicted molar refractivity (Wildman–Crippen MR) is 124 cm³/mol. The molecule has 0 spiro atoms. The molecule has 0 saturated heterocycles. The van der Waals surface area contributed by atoms with Crippen molar-refractivity contribution in [2.45, 2.75) is 32.4 Å². The SMILES string of the molecule is CCNC(=NCC(Cc1ccccc1)N(C)C)NCCCn1cccn1.I. The molecule has 7 heteroatoms. The Labute approximate surface area is 180 Å². The molecule has 2 aromatic rings. The first-order chi connectivity index (χ1) is 12.7. The van der Waals surface area contributed by atoms with Gasteiger partial charge in [0.2, 0.25) is 0 Å². The van der Waals surface area contributed by atoms with Gasteiger partial charge in [0.1, 0.15) is 0 Å². The van der Waals surface area contributed by atoms with E-state index < -0.39 is 0 Å². The zero-order valence-corrected chi connectivity index (χ0v) is 19.0. The first kappa shape index (κ1) is 23.4. The number of aryl methyl sites for hydroxylation is 1. The lowest BCUT2D eigenvalue weighted by molar-refractivity contribution is 0.298. The molecule has 27 heavy (non-hydrogen) atoms. The Balaban J connectivity index is 0.00000364. The van der Waals surface area contributed by atoms with Crippen molar-refractivity contribution in [1.29, 1.82) is 0 Å². The van der Waals surface area contributed by atoms with Gasteiger partial charge in [-0.25, -0.2) is 0 Å². The van der Waals surface area contributed by atoms with E-state index in [0.29, 0.717) is 6.04 Å². The second kappa shape index (κ2) is 13.5. The van der Waals surface area contributed by atoms with Crippen molar-refractivity contribution in [3.8, 4) is 0 Å². The van der Waals surface area contributed by atoms with Gasteiger partial charge in [-0.2, -0.15) is 5.10 Å². The minimum atomic E-state index is 0. The highest BCUT2D eigenvalue weighted by Gasteiger charge is 2.12. The molecule has 150 valence electrons. The van der Waals surface area contributed by atoms with E-state index in [1.807, 2.05) is 23.1 Å². The van der Waals surface area contributed by atoms with Gasteiger partial charge < -0.3 is 15.5 Å². The summed E-state index contributed by atoms with van der Waals surface area (Å²) in [6.45, 7) is 5.49. The second-order valence-electron chi connectivity index (χ2n) is 6.58. The standard InChI is InChI=1S/C20H32N6.HI/c1-4-21-20(22-12-8-14-26-15-9-13-24-26)23-17-19(25(2)3)16-18-10-6-5-7-11-18;/h5-7,9-11,13,15,19H,4,8,12,14,16-17H2,1-3H3,(H2,21,22,23);1H. The van der Waals surface area contributed by atoms with Gasteiger partial charge in [0.15, 0.2) is 5.96 Å². The largest absolute Gasteiger partial charge is 0.357 e. The molecule has 0 aliphatic heterocycles. The van der Waals surface area contributed by atoms with Gasteiger partial charge in [-0.05, 0) is 45.5 Å². The summed E-state index contributed by atoms with van der Waals surface area (Å²) < 4.78 is 1.95. The highest BCUT2D eigenvalue weighted by Crippen LogP contribution is 2.07. The van der Waals surface area contributed by atoms with Gasteiger partial charge in [-0.3, -0.25) is 9.67 Å². The van der Waals surface area contributed by atoms with E-state index in [0.717, 1.165) is 45.0 Å². The Bertz CT molecular complexity index is 627. The topological polar surface area (TPSA) is 57.5 Å². The number of hydrogen-bond acceptors (Lipinski definition) is 3. The number of aliphatic imine (C=N–C) groups is 1. The van der Waals surface area contributed by atoms with Crippen LogP contribution in [0.4, 0.5) is 0 Å². The number of benzene rings is 1. The van der Waals surface area contributed by atoms with Crippen molar-refractivity contribution < 1.29 is 0 Å². The first-order valence-corrected chi connectivity index (χ1v) is 9.39. The van der Waals surface area contributed by atoms with Crippen LogP contribution in [0.1, 0.15) is 18.9 Å². The van der Waals surface area contributed by atoms with E-state index in [4.69, 9.17) is 4.99 Å². The van der Waals surface area contributed by atoms with Crippen LogP contribution in [0.5, 0.6) is 0 Å². The number of nitrogens with one attached hydrogen (secondary N) is 2. The molecule has 0 aliphatic rings. The lowest BCUT2D eigenvalue weighted by Crippen LogP contribution is -2.40. The summed E-state index contributed by atoms with van der Waals surface area (Å²) in [4.78, 5) is 7.04. The van der Waals surface area contributed by atoms with Crippen LogP contribution in [-0.4, -0.2) is 60.4 Å². The molecule has 0 amide bonds. The van der Waals surface area contributed by atoms with Crippen LogP contribution in [0.25, 0.3) is 0 Å². The maximum absolute atomic E-state index is 4.80. The molecule has 0 aliphatic carbocycles. The summed E-state index contributed by atoms with van der Waals surface area (Å²) in [5.41, 5.74) is 1.35. The highest BCUT2D eigenvalue weighted by molar-refractivity contribution is 14.0. The minimum absolute atomic E-state index is 0. The minimum Gasteiger partial charge on any atom is -0.357 e. The Morgan fingerprint density at radius 2 is 1.96 bits per heavy atom. The maximum atomic E-state index is 4.80. The van der Waals surface area contributed by atoms with Crippen molar-refractivity contribution in [1.82, 2.24) is 25.3 Å². The number of nitrogens with zero attached hydrogens (tertiary/aromatic N) is 4. The van der Waals surface area contributed by atoms with E-state index in [-0.39, 0.29) is 24.0 Å². The van der Waals surface area contributed by atoms with Crippen LogP contribution in [0.15, 0.2) is 53.8 Å². The molecule has 1 aromatic heterocycles. The number of guanidine groups is 1. The molecular weight excluding hydrogens is 451 g/mol. The maximum Gasteiger partial charge on any atom is 0.191 e. The first-order valence-electron chi connectivity index (χ1n) is 9.39. The molecule has 0 saturated carbocycles.